The van der Waals surface area contributed by atoms with Crippen molar-refractivity contribution in [2.45, 2.75) is 111 Å². The SMILES string of the molecule is CC1CCC(C(=O)N(c2cc(C#CC(C)(C)C)sc2C(=O)O)C2CCC(Oc3cncc(CN4CCCC4)c3)CC2)CC1. The first-order valence-electron chi connectivity index (χ1n) is 16.1. The topological polar surface area (TPSA) is 83.0 Å². The molecular weight excluding hydrogens is 558 g/mol. The van der Waals surface area contributed by atoms with Crippen molar-refractivity contribution < 1.29 is 19.4 Å². The summed E-state index contributed by atoms with van der Waals surface area (Å²) in [4.78, 5) is 36.3. The molecule has 7 nitrogen and oxygen atoms in total. The number of amides is 1. The molecule has 3 aliphatic rings. The minimum absolute atomic E-state index is 0.0437. The van der Waals surface area contributed by atoms with Crippen molar-refractivity contribution in [3.63, 3.8) is 0 Å². The first-order valence-corrected chi connectivity index (χ1v) is 16.9. The molecule has 0 spiro atoms. The van der Waals surface area contributed by atoms with Gasteiger partial charge in [0.05, 0.1) is 22.9 Å². The van der Waals surface area contributed by atoms with Crippen LogP contribution in [0.5, 0.6) is 5.75 Å². The lowest BCUT2D eigenvalue weighted by Crippen LogP contribution is -2.47. The predicted octanol–water partition coefficient (Wildman–Crippen LogP) is 7.38. The fourth-order valence-electron chi connectivity index (χ4n) is 6.65. The van der Waals surface area contributed by atoms with E-state index in [0.717, 1.165) is 76.8 Å². The molecule has 3 heterocycles. The Bertz CT molecular complexity index is 1330. The van der Waals surface area contributed by atoms with E-state index in [2.05, 4.69) is 34.7 Å². The van der Waals surface area contributed by atoms with Crippen LogP contribution in [0, 0.1) is 29.1 Å². The van der Waals surface area contributed by atoms with Crippen molar-refractivity contribution in [2.75, 3.05) is 18.0 Å². The van der Waals surface area contributed by atoms with E-state index in [-0.39, 0.29) is 34.3 Å². The van der Waals surface area contributed by atoms with Gasteiger partial charge in [0.15, 0.2) is 0 Å². The zero-order chi connectivity index (χ0) is 30.6. The van der Waals surface area contributed by atoms with Gasteiger partial charge in [-0.25, -0.2) is 4.79 Å². The number of rotatable bonds is 8. The molecule has 2 aromatic heterocycles. The zero-order valence-electron chi connectivity index (χ0n) is 26.2. The van der Waals surface area contributed by atoms with Gasteiger partial charge in [0, 0.05) is 30.1 Å². The molecule has 0 bridgehead atoms. The van der Waals surface area contributed by atoms with Gasteiger partial charge in [0.2, 0.25) is 5.91 Å². The Morgan fingerprint density at radius 2 is 1.74 bits per heavy atom. The zero-order valence-corrected chi connectivity index (χ0v) is 27.0. The van der Waals surface area contributed by atoms with E-state index in [0.29, 0.717) is 16.5 Å². The van der Waals surface area contributed by atoms with Gasteiger partial charge in [-0.15, -0.1) is 11.3 Å². The molecule has 2 aliphatic carbocycles. The van der Waals surface area contributed by atoms with Gasteiger partial charge < -0.3 is 14.7 Å². The second-order valence-corrected chi connectivity index (χ2v) is 14.9. The largest absolute Gasteiger partial charge is 0.489 e. The number of likely N-dealkylation sites (tertiary alicyclic amines) is 1. The second kappa shape index (κ2) is 13.8. The lowest BCUT2D eigenvalue weighted by molar-refractivity contribution is -0.124. The van der Waals surface area contributed by atoms with Gasteiger partial charge in [-0.3, -0.25) is 14.7 Å². The first-order chi connectivity index (χ1) is 20.6. The van der Waals surface area contributed by atoms with E-state index in [1.165, 1.54) is 29.7 Å². The van der Waals surface area contributed by atoms with Gasteiger partial charge in [-0.05, 0) is 122 Å². The number of hydrogen-bond donors (Lipinski definition) is 1. The molecule has 0 aromatic carbocycles. The summed E-state index contributed by atoms with van der Waals surface area (Å²) in [6.07, 6.45) is 13.2. The van der Waals surface area contributed by atoms with Crippen molar-refractivity contribution in [3.8, 4) is 17.6 Å². The fraction of sp³-hybridized carbons (Fsp3) is 0.629. The number of carbonyl (C=O) groups excluding carboxylic acids is 1. The average Bonchev–Trinajstić information content (AvgIpc) is 3.64. The Hall–Kier alpha value is -2.89. The molecule has 8 heteroatoms. The van der Waals surface area contributed by atoms with E-state index in [4.69, 9.17) is 4.74 Å². The van der Waals surface area contributed by atoms with Gasteiger partial charge in [-0.2, -0.15) is 0 Å². The van der Waals surface area contributed by atoms with Gasteiger partial charge in [-0.1, -0.05) is 18.8 Å². The number of carboxylic acid groups (broad SMARTS) is 1. The quantitative estimate of drug-likeness (QED) is 0.316. The van der Waals surface area contributed by atoms with E-state index >= 15 is 0 Å². The summed E-state index contributed by atoms with van der Waals surface area (Å²) in [7, 11) is 0. The standard InChI is InChI=1S/C35H47N3O4S/c1-24-7-9-26(10-8-24)33(39)38(31-20-30(15-16-35(2,3)4)43-32(31)34(40)41)27-11-13-28(14-12-27)42-29-19-25(21-36-22-29)23-37-17-5-6-18-37/h19-22,24,26-28H,5-14,17-18,23H2,1-4H3,(H,40,41). The molecule has 2 saturated carbocycles. The summed E-state index contributed by atoms with van der Waals surface area (Å²) in [6.45, 7) is 11.5. The minimum atomic E-state index is -1.00. The third kappa shape index (κ3) is 8.39. The maximum Gasteiger partial charge on any atom is 0.348 e. The number of carbonyl (C=O) groups is 2. The van der Waals surface area contributed by atoms with Crippen molar-refractivity contribution in [3.05, 3.63) is 39.8 Å². The molecule has 0 unspecified atom stereocenters. The molecule has 3 fully saturated rings. The molecule has 1 N–H and O–H groups in total. The molecule has 0 atom stereocenters. The lowest BCUT2D eigenvalue weighted by atomic mass is 9.81. The number of thiophene rings is 1. The van der Waals surface area contributed by atoms with Crippen LogP contribution >= 0.6 is 11.3 Å². The van der Waals surface area contributed by atoms with Crippen LogP contribution in [0.1, 0.15) is 112 Å². The number of carboxylic acids is 1. The van der Waals surface area contributed by atoms with Crippen LogP contribution in [0.2, 0.25) is 0 Å². The average molecular weight is 606 g/mol. The number of hydrogen-bond acceptors (Lipinski definition) is 6. The van der Waals surface area contributed by atoms with Crippen molar-refractivity contribution in [2.24, 2.45) is 17.3 Å². The smallest absolute Gasteiger partial charge is 0.348 e. The summed E-state index contributed by atoms with van der Waals surface area (Å²) >= 11 is 1.18. The summed E-state index contributed by atoms with van der Waals surface area (Å²) in [5.74, 6) is 6.84. The third-order valence-electron chi connectivity index (χ3n) is 9.02. The molecule has 43 heavy (non-hydrogen) atoms. The van der Waals surface area contributed by atoms with Crippen LogP contribution in [0.3, 0.4) is 0 Å². The van der Waals surface area contributed by atoms with Gasteiger partial charge >= 0.3 is 5.97 Å². The normalized spacial score (nSPS) is 24.7. The molecular formula is C35H47N3O4S. The number of nitrogens with zero attached hydrogens (tertiary/aromatic N) is 3. The van der Waals surface area contributed by atoms with Crippen LogP contribution in [-0.4, -0.2) is 52.1 Å². The Labute approximate surface area is 261 Å². The molecule has 5 rings (SSSR count). The molecule has 0 radical (unpaired) electrons. The predicted molar refractivity (Wildman–Crippen MR) is 172 cm³/mol. The number of anilines is 1. The Morgan fingerprint density at radius 1 is 1.05 bits per heavy atom. The van der Waals surface area contributed by atoms with E-state index in [1.807, 2.05) is 37.9 Å². The second-order valence-electron chi connectivity index (χ2n) is 13.9. The number of aromatic nitrogens is 1. The van der Waals surface area contributed by atoms with Gasteiger partial charge in [0.25, 0.3) is 0 Å². The molecule has 1 aliphatic heterocycles. The van der Waals surface area contributed by atoms with Gasteiger partial charge in [0.1, 0.15) is 10.6 Å². The van der Waals surface area contributed by atoms with Crippen LogP contribution < -0.4 is 9.64 Å². The van der Waals surface area contributed by atoms with Crippen LogP contribution in [0.4, 0.5) is 5.69 Å². The first kappa shape index (κ1) is 31.5. The van der Waals surface area contributed by atoms with E-state index in [1.54, 1.807) is 6.20 Å². The summed E-state index contributed by atoms with van der Waals surface area (Å²) < 4.78 is 6.42. The molecule has 232 valence electrons. The van der Waals surface area contributed by atoms with E-state index < -0.39 is 5.97 Å². The highest BCUT2D eigenvalue weighted by molar-refractivity contribution is 7.15. The molecule has 2 aromatic rings. The van der Waals surface area contributed by atoms with Crippen LogP contribution in [0.15, 0.2) is 24.5 Å². The van der Waals surface area contributed by atoms with E-state index in [9.17, 15) is 14.7 Å². The van der Waals surface area contributed by atoms with Crippen molar-refractivity contribution in [1.82, 2.24) is 9.88 Å². The van der Waals surface area contributed by atoms with Crippen LogP contribution in [-0.2, 0) is 11.3 Å². The van der Waals surface area contributed by atoms with Crippen LogP contribution in [0.25, 0.3) is 0 Å². The molecule has 1 saturated heterocycles. The maximum atomic E-state index is 14.2. The summed E-state index contributed by atoms with van der Waals surface area (Å²) in [5.41, 5.74) is 1.49. The van der Waals surface area contributed by atoms with Crippen molar-refractivity contribution >= 4 is 28.9 Å². The summed E-state index contributed by atoms with van der Waals surface area (Å²) in [5, 5.41) is 10.2. The number of pyridine rings is 1. The monoisotopic (exact) mass is 605 g/mol. The Morgan fingerprint density at radius 3 is 2.40 bits per heavy atom. The number of ether oxygens (including phenoxy) is 1. The molecule has 1 amide bonds. The number of aromatic carboxylic acids is 1. The fourth-order valence-corrected chi connectivity index (χ4v) is 7.49. The maximum absolute atomic E-state index is 14.2. The highest BCUT2D eigenvalue weighted by atomic mass is 32.1. The lowest BCUT2D eigenvalue weighted by Gasteiger charge is -2.39. The Kier molecular flexibility index (Phi) is 10.1. The third-order valence-corrected chi connectivity index (χ3v) is 10.0. The van der Waals surface area contributed by atoms with Crippen molar-refractivity contribution in [1.29, 1.82) is 0 Å². The highest BCUT2D eigenvalue weighted by Crippen LogP contribution is 2.39. The Balaban J connectivity index is 1.33. The summed E-state index contributed by atoms with van der Waals surface area (Å²) in [6, 6.07) is 3.89. The minimum Gasteiger partial charge on any atom is -0.489 e. The highest BCUT2D eigenvalue weighted by Gasteiger charge is 2.38.